The third-order valence-corrected chi connectivity index (χ3v) is 4.27. The zero-order chi connectivity index (χ0) is 22.1. The molecule has 0 fully saturated rings. The van der Waals surface area contributed by atoms with Crippen molar-refractivity contribution < 1.29 is 32.3 Å². The number of benzene rings is 2. The first kappa shape index (κ1) is 21.0. The monoisotopic (exact) mass is 423 g/mol. The molecule has 1 N–H and O–H groups in total. The number of anilines is 2. The summed E-state index contributed by atoms with van der Waals surface area (Å²) in [6.45, 7) is 0. The van der Waals surface area contributed by atoms with Crippen LogP contribution >= 0.6 is 0 Å². The molecule has 2 aromatic carbocycles. The first-order valence-corrected chi connectivity index (χ1v) is 8.42. The van der Waals surface area contributed by atoms with Crippen molar-refractivity contribution in [3.05, 3.63) is 52.1 Å². The number of alkyl halides is 3. The van der Waals surface area contributed by atoms with Crippen molar-refractivity contribution in [3.63, 3.8) is 0 Å². The van der Waals surface area contributed by atoms with Crippen molar-refractivity contribution in [2.24, 2.45) is 0 Å². The second kappa shape index (κ2) is 7.93. The lowest BCUT2D eigenvalue weighted by atomic mass is 10.1. The van der Waals surface area contributed by atoms with E-state index in [0.29, 0.717) is 23.3 Å². The first-order chi connectivity index (χ1) is 14.2. The van der Waals surface area contributed by atoms with E-state index in [9.17, 15) is 23.3 Å². The minimum Gasteiger partial charge on any atom is -0.493 e. The summed E-state index contributed by atoms with van der Waals surface area (Å²) in [6, 6.07) is 7.81. The number of methoxy groups -OCH3 is 3. The lowest BCUT2D eigenvalue weighted by molar-refractivity contribution is -0.384. The van der Waals surface area contributed by atoms with Crippen LogP contribution < -0.4 is 19.5 Å². The van der Waals surface area contributed by atoms with Gasteiger partial charge in [-0.2, -0.15) is 13.2 Å². The van der Waals surface area contributed by atoms with Gasteiger partial charge in [0.1, 0.15) is 5.82 Å². The van der Waals surface area contributed by atoms with Crippen molar-refractivity contribution in [1.29, 1.82) is 0 Å². The summed E-state index contributed by atoms with van der Waals surface area (Å²) in [4.78, 5) is 14.7. The number of rotatable bonds is 6. The molecule has 0 aliphatic rings. The summed E-state index contributed by atoms with van der Waals surface area (Å²) in [5, 5.41) is 13.6. The molecule has 1 aromatic heterocycles. The summed E-state index contributed by atoms with van der Waals surface area (Å²) in [5.41, 5.74) is -1.83. The topological polar surface area (TPSA) is 95.8 Å². The van der Waals surface area contributed by atoms with Crippen LogP contribution in [0.3, 0.4) is 0 Å². The molecule has 11 heteroatoms. The molecule has 0 aliphatic carbocycles. The van der Waals surface area contributed by atoms with Gasteiger partial charge in [0.15, 0.2) is 17.2 Å². The van der Waals surface area contributed by atoms with Crippen molar-refractivity contribution in [3.8, 4) is 17.2 Å². The molecule has 8 nitrogen and oxygen atoms in total. The van der Waals surface area contributed by atoms with Crippen LogP contribution in [0.15, 0.2) is 36.4 Å². The second-order valence-electron chi connectivity index (χ2n) is 6.02. The van der Waals surface area contributed by atoms with Gasteiger partial charge >= 0.3 is 11.9 Å². The van der Waals surface area contributed by atoms with E-state index in [1.807, 2.05) is 0 Å². The fourth-order valence-corrected chi connectivity index (χ4v) is 2.99. The Morgan fingerprint density at radius 3 is 2.17 bits per heavy atom. The molecule has 0 unspecified atom stereocenters. The van der Waals surface area contributed by atoms with E-state index in [0.717, 1.165) is 7.11 Å². The molecule has 3 rings (SSSR count). The summed E-state index contributed by atoms with van der Waals surface area (Å²) in [6.07, 6.45) is -4.87. The first-order valence-electron chi connectivity index (χ1n) is 8.42. The van der Waals surface area contributed by atoms with Gasteiger partial charge in [0.2, 0.25) is 0 Å². The van der Waals surface area contributed by atoms with Crippen LogP contribution in [0, 0.1) is 10.1 Å². The zero-order valence-electron chi connectivity index (χ0n) is 16.0. The number of hydrogen-bond donors (Lipinski definition) is 1. The van der Waals surface area contributed by atoms with Crippen LogP contribution in [-0.4, -0.2) is 31.2 Å². The Labute approximate surface area is 168 Å². The van der Waals surface area contributed by atoms with Gasteiger partial charge in [-0.05, 0) is 30.3 Å². The Bertz CT molecular complexity index is 1120. The Morgan fingerprint density at radius 2 is 1.60 bits per heavy atom. The molecule has 0 spiro atoms. The maximum absolute atomic E-state index is 13.8. The van der Waals surface area contributed by atoms with Crippen molar-refractivity contribution in [2.45, 2.75) is 6.18 Å². The standard InChI is InChI=1S/C19H16F3N3O5/c1-28-13-6-4-10(8-15(13)30-3)23-16-9-11(19(20,21)22)17-12(24-16)5-7-14(29-2)18(17)25(26)27/h4-9H,1-3H3,(H,23,24). The van der Waals surface area contributed by atoms with Gasteiger partial charge in [-0.15, -0.1) is 0 Å². The van der Waals surface area contributed by atoms with Gasteiger partial charge < -0.3 is 19.5 Å². The van der Waals surface area contributed by atoms with Crippen LogP contribution in [0.4, 0.5) is 30.4 Å². The van der Waals surface area contributed by atoms with Crippen LogP contribution in [0.5, 0.6) is 17.2 Å². The molecule has 0 saturated carbocycles. The zero-order valence-corrected chi connectivity index (χ0v) is 16.0. The summed E-state index contributed by atoms with van der Waals surface area (Å²) < 4.78 is 56.5. The Morgan fingerprint density at radius 1 is 0.967 bits per heavy atom. The van der Waals surface area contributed by atoms with E-state index < -0.39 is 27.7 Å². The molecule has 0 saturated heterocycles. The number of aromatic nitrogens is 1. The Balaban J connectivity index is 2.20. The van der Waals surface area contributed by atoms with Gasteiger partial charge in [-0.25, -0.2) is 4.98 Å². The molecular formula is C19H16F3N3O5. The van der Waals surface area contributed by atoms with E-state index in [2.05, 4.69) is 10.3 Å². The SMILES string of the molecule is COc1ccc(Nc2cc(C(F)(F)F)c3c([N+](=O)[O-])c(OC)ccc3n2)cc1OC. The highest BCUT2D eigenvalue weighted by atomic mass is 19.4. The van der Waals surface area contributed by atoms with Gasteiger partial charge in [0.25, 0.3) is 0 Å². The van der Waals surface area contributed by atoms with E-state index in [1.165, 1.54) is 32.4 Å². The maximum atomic E-state index is 13.8. The Hall–Kier alpha value is -3.76. The lowest BCUT2D eigenvalue weighted by Crippen LogP contribution is -2.10. The molecule has 0 bridgehead atoms. The Kier molecular flexibility index (Phi) is 5.54. The highest BCUT2D eigenvalue weighted by molar-refractivity contribution is 5.95. The van der Waals surface area contributed by atoms with Crippen LogP contribution in [0.25, 0.3) is 10.9 Å². The average Bonchev–Trinajstić information content (AvgIpc) is 2.71. The van der Waals surface area contributed by atoms with E-state index in [-0.39, 0.29) is 17.1 Å². The van der Waals surface area contributed by atoms with Gasteiger partial charge in [0, 0.05) is 11.8 Å². The van der Waals surface area contributed by atoms with Crippen molar-refractivity contribution in [1.82, 2.24) is 4.98 Å². The molecule has 158 valence electrons. The molecule has 1 heterocycles. The largest absolute Gasteiger partial charge is 0.493 e. The maximum Gasteiger partial charge on any atom is 0.417 e. The molecule has 0 aliphatic heterocycles. The van der Waals surface area contributed by atoms with Gasteiger partial charge in [-0.3, -0.25) is 10.1 Å². The quantitative estimate of drug-likeness (QED) is 0.444. The van der Waals surface area contributed by atoms with Crippen LogP contribution in [-0.2, 0) is 6.18 Å². The number of ether oxygens (including phenoxy) is 3. The van der Waals surface area contributed by atoms with Crippen LogP contribution in [0.2, 0.25) is 0 Å². The fourth-order valence-electron chi connectivity index (χ4n) is 2.99. The lowest BCUT2D eigenvalue weighted by Gasteiger charge is -2.15. The normalized spacial score (nSPS) is 11.3. The van der Waals surface area contributed by atoms with E-state index in [4.69, 9.17) is 14.2 Å². The minimum atomic E-state index is -4.87. The predicted octanol–water partition coefficient (Wildman–Crippen LogP) is 4.93. The molecule has 0 atom stereocenters. The highest BCUT2D eigenvalue weighted by Gasteiger charge is 2.38. The number of nitrogens with one attached hydrogen (secondary N) is 1. The third kappa shape index (κ3) is 3.86. The number of nitro benzene ring substituents is 1. The second-order valence-corrected chi connectivity index (χ2v) is 6.02. The van der Waals surface area contributed by atoms with E-state index in [1.54, 1.807) is 12.1 Å². The summed E-state index contributed by atoms with van der Waals surface area (Å²) in [7, 11) is 4.01. The molecular weight excluding hydrogens is 407 g/mol. The molecule has 30 heavy (non-hydrogen) atoms. The minimum absolute atomic E-state index is 0.151. The highest BCUT2D eigenvalue weighted by Crippen LogP contribution is 2.43. The van der Waals surface area contributed by atoms with Crippen LogP contribution in [0.1, 0.15) is 5.56 Å². The third-order valence-electron chi connectivity index (χ3n) is 4.27. The van der Waals surface area contributed by atoms with Crippen molar-refractivity contribution >= 4 is 28.1 Å². The predicted molar refractivity (Wildman–Crippen MR) is 103 cm³/mol. The molecule has 3 aromatic rings. The van der Waals surface area contributed by atoms with E-state index >= 15 is 0 Å². The number of halogens is 3. The number of pyridine rings is 1. The number of fused-ring (bicyclic) bond motifs is 1. The molecule has 0 amide bonds. The van der Waals surface area contributed by atoms with Gasteiger partial charge in [-0.1, -0.05) is 0 Å². The average molecular weight is 423 g/mol. The summed E-state index contributed by atoms with van der Waals surface area (Å²) >= 11 is 0. The number of hydrogen-bond acceptors (Lipinski definition) is 7. The van der Waals surface area contributed by atoms with Gasteiger partial charge in [0.05, 0.1) is 42.7 Å². The van der Waals surface area contributed by atoms with Crippen molar-refractivity contribution in [2.75, 3.05) is 26.6 Å². The number of nitro groups is 1. The smallest absolute Gasteiger partial charge is 0.417 e. The fraction of sp³-hybridized carbons (Fsp3) is 0.211. The molecule has 0 radical (unpaired) electrons. The summed E-state index contributed by atoms with van der Waals surface area (Å²) in [5.74, 6) is 0.356. The number of nitrogens with zero attached hydrogens (tertiary/aromatic N) is 2.